The minimum absolute atomic E-state index is 0.381. The smallest absolute Gasteiger partial charge is 0.157 e. The molecule has 3 aromatic heterocycles. The Kier molecular flexibility index (Phi) is 5.53. The zero-order valence-electron chi connectivity index (χ0n) is 20.0. The highest BCUT2D eigenvalue weighted by Crippen LogP contribution is 2.33. The molecule has 0 bridgehead atoms. The number of fused-ring (bicyclic) bond motifs is 1. The fraction of sp³-hybridized carbons (Fsp3) is 0.308. The molecule has 4 N–H and O–H groups in total. The molecule has 0 radical (unpaired) electrons. The van der Waals surface area contributed by atoms with Crippen LogP contribution in [-0.2, 0) is 12.1 Å². The molecule has 0 amide bonds. The van der Waals surface area contributed by atoms with Gasteiger partial charge >= 0.3 is 0 Å². The first-order valence-corrected chi connectivity index (χ1v) is 11.6. The van der Waals surface area contributed by atoms with Crippen LogP contribution in [0, 0.1) is 24.2 Å². The summed E-state index contributed by atoms with van der Waals surface area (Å²) in [5.41, 5.74) is 9.78. The summed E-state index contributed by atoms with van der Waals surface area (Å²) in [5.74, 6) is 1.46. The van der Waals surface area contributed by atoms with Gasteiger partial charge in [0.2, 0.25) is 0 Å². The summed E-state index contributed by atoms with van der Waals surface area (Å²) in [6.07, 6.45) is 4.08. The van der Waals surface area contributed by atoms with Gasteiger partial charge in [-0.15, -0.1) is 0 Å². The van der Waals surface area contributed by atoms with Crippen molar-refractivity contribution in [2.24, 2.45) is 5.92 Å². The van der Waals surface area contributed by atoms with E-state index < -0.39 is 5.60 Å². The maximum absolute atomic E-state index is 10.7. The van der Waals surface area contributed by atoms with Crippen LogP contribution >= 0.6 is 0 Å². The standard InChI is InChI=1S/C26H28N8O/c1-16-12-21(26(2,3)35)34(31-16)23-13-22(28)30-25-20(10-11-29-23)24(32-33(25)15-18-4-5-18)19-8-6-17(14-27)7-9-19/h6-13,18,30,35H,4-5,15,28H2,1-3H3. The molecular formula is C26H28N8O. The number of hydrogen-bond donors (Lipinski definition) is 3. The highest BCUT2D eigenvalue weighted by Gasteiger charge is 2.25. The summed E-state index contributed by atoms with van der Waals surface area (Å²) < 4.78 is 3.58. The number of anilines is 1. The molecule has 0 aliphatic heterocycles. The molecule has 3 heterocycles. The number of nitriles is 1. The van der Waals surface area contributed by atoms with Gasteiger partial charge in [-0.3, -0.25) is 0 Å². The van der Waals surface area contributed by atoms with Crippen molar-refractivity contribution >= 4 is 16.9 Å². The molecule has 35 heavy (non-hydrogen) atoms. The number of nitrogens with zero attached hydrogens (tertiary/aromatic N) is 6. The van der Waals surface area contributed by atoms with Crippen LogP contribution in [0.1, 0.15) is 43.6 Å². The Balaban J connectivity index is 1.73. The van der Waals surface area contributed by atoms with Gasteiger partial charge in [0.05, 0.1) is 23.0 Å². The summed E-state index contributed by atoms with van der Waals surface area (Å²) >= 11 is 0. The molecule has 0 spiro atoms. The first-order valence-electron chi connectivity index (χ1n) is 11.6. The second-order valence-electron chi connectivity index (χ2n) is 9.60. The molecule has 0 saturated heterocycles. The van der Waals surface area contributed by atoms with E-state index in [9.17, 15) is 10.4 Å². The third-order valence-corrected chi connectivity index (χ3v) is 6.08. The van der Waals surface area contributed by atoms with E-state index in [2.05, 4.69) is 21.1 Å². The molecule has 1 aliphatic carbocycles. The van der Waals surface area contributed by atoms with Gasteiger partial charge in [0.25, 0.3) is 0 Å². The van der Waals surface area contributed by atoms with E-state index in [1.165, 1.54) is 12.8 Å². The molecule has 0 unspecified atom stereocenters. The highest BCUT2D eigenvalue weighted by atomic mass is 16.3. The minimum atomic E-state index is -1.11. The molecule has 0 atom stereocenters. The molecule has 1 aliphatic rings. The predicted molar refractivity (Wildman–Crippen MR) is 134 cm³/mol. The summed E-state index contributed by atoms with van der Waals surface area (Å²) in [6, 6.07) is 15.0. The van der Waals surface area contributed by atoms with E-state index >= 15 is 0 Å². The second-order valence-corrected chi connectivity index (χ2v) is 9.60. The fourth-order valence-electron chi connectivity index (χ4n) is 4.12. The van der Waals surface area contributed by atoms with Gasteiger partial charge in [-0.05, 0) is 63.8 Å². The van der Waals surface area contributed by atoms with Gasteiger partial charge in [0, 0.05) is 29.8 Å². The quantitative estimate of drug-likeness (QED) is 0.403. The fourth-order valence-corrected chi connectivity index (χ4v) is 4.12. The van der Waals surface area contributed by atoms with Crippen molar-refractivity contribution in [1.82, 2.24) is 29.5 Å². The maximum Gasteiger partial charge on any atom is 0.157 e. The van der Waals surface area contributed by atoms with Gasteiger partial charge in [0.1, 0.15) is 22.8 Å². The monoisotopic (exact) mass is 468 g/mol. The summed E-state index contributed by atoms with van der Waals surface area (Å²) in [4.78, 5) is 7.98. The van der Waals surface area contributed by atoms with E-state index in [1.807, 2.05) is 35.9 Å². The van der Waals surface area contributed by atoms with E-state index in [0.717, 1.165) is 34.5 Å². The maximum atomic E-state index is 10.7. The Labute approximate surface area is 203 Å². The first kappa shape index (κ1) is 22.6. The SMILES string of the molecule is Cc1cc(C(C)(C)O)n(-c2cc(N)[nH]c3c(ccn2)c(-c2ccc(C#N)cc2)nn3CC2CC2)n1. The second kappa shape index (κ2) is 8.56. The molecule has 1 aromatic carbocycles. The van der Waals surface area contributed by atoms with Crippen LogP contribution in [0.5, 0.6) is 0 Å². The van der Waals surface area contributed by atoms with Crippen LogP contribution in [0.25, 0.3) is 28.1 Å². The molecule has 9 nitrogen and oxygen atoms in total. The van der Waals surface area contributed by atoms with Crippen LogP contribution in [-0.4, -0.2) is 34.6 Å². The number of nitrogens with one attached hydrogen (secondary N) is 1. The lowest BCUT2D eigenvalue weighted by atomic mass is 10.1. The van der Waals surface area contributed by atoms with Gasteiger partial charge in [-0.25, -0.2) is 14.3 Å². The van der Waals surface area contributed by atoms with Crippen molar-refractivity contribution < 1.29 is 5.11 Å². The Morgan fingerprint density at radius 2 is 1.91 bits per heavy atom. The average molecular weight is 469 g/mol. The van der Waals surface area contributed by atoms with Gasteiger partial charge in [-0.2, -0.15) is 15.5 Å². The number of aryl methyl sites for hydroxylation is 1. The van der Waals surface area contributed by atoms with E-state index in [1.54, 1.807) is 42.9 Å². The predicted octanol–water partition coefficient (Wildman–Crippen LogP) is 4.14. The Bertz CT molecular complexity index is 1490. The number of H-pyrrole nitrogens is 1. The van der Waals surface area contributed by atoms with Crippen LogP contribution in [0.4, 0.5) is 5.82 Å². The Morgan fingerprint density at radius 3 is 2.57 bits per heavy atom. The number of benzene rings is 1. The zero-order valence-corrected chi connectivity index (χ0v) is 20.0. The topological polar surface area (TPSA) is 134 Å². The molecule has 178 valence electrons. The largest absolute Gasteiger partial charge is 0.385 e. The molecule has 1 saturated carbocycles. The normalized spacial score (nSPS) is 13.6. The Morgan fingerprint density at radius 1 is 1.17 bits per heavy atom. The average Bonchev–Trinajstić information content (AvgIpc) is 3.42. The number of rotatable bonds is 5. The lowest BCUT2D eigenvalue weighted by molar-refractivity contribution is 0.0710. The van der Waals surface area contributed by atoms with Crippen LogP contribution in [0.2, 0.25) is 0 Å². The molecule has 1 fully saturated rings. The van der Waals surface area contributed by atoms with Crippen molar-refractivity contribution in [3.05, 3.63) is 65.6 Å². The van der Waals surface area contributed by atoms with Crippen LogP contribution in [0.3, 0.4) is 0 Å². The van der Waals surface area contributed by atoms with Crippen molar-refractivity contribution in [3.63, 3.8) is 0 Å². The van der Waals surface area contributed by atoms with Gasteiger partial charge in [0.15, 0.2) is 5.82 Å². The van der Waals surface area contributed by atoms with Crippen molar-refractivity contribution in [3.8, 4) is 23.1 Å². The molecule has 9 heteroatoms. The zero-order chi connectivity index (χ0) is 24.7. The number of aliphatic hydroxyl groups is 1. The van der Waals surface area contributed by atoms with E-state index in [0.29, 0.717) is 28.8 Å². The summed E-state index contributed by atoms with van der Waals surface area (Å²) in [7, 11) is 0. The van der Waals surface area contributed by atoms with Crippen molar-refractivity contribution in [2.45, 2.75) is 45.8 Å². The number of hydrogen-bond acceptors (Lipinski definition) is 6. The lowest BCUT2D eigenvalue weighted by Gasteiger charge is -2.18. The minimum Gasteiger partial charge on any atom is -0.385 e. The first-order chi connectivity index (χ1) is 16.7. The summed E-state index contributed by atoms with van der Waals surface area (Å²) in [6.45, 7) is 6.09. The van der Waals surface area contributed by atoms with Crippen molar-refractivity contribution in [1.29, 1.82) is 5.26 Å². The third-order valence-electron chi connectivity index (χ3n) is 6.08. The number of nitrogens with two attached hydrogens (primary N) is 1. The third kappa shape index (κ3) is 4.61. The molecular weight excluding hydrogens is 440 g/mol. The summed E-state index contributed by atoms with van der Waals surface area (Å²) in [5, 5.41) is 30.1. The lowest BCUT2D eigenvalue weighted by Crippen LogP contribution is -2.21. The van der Waals surface area contributed by atoms with Crippen LogP contribution in [0.15, 0.2) is 48.7 Å². The van der Waals surface area contributed by atoms with E-state index in [4.69, 9.17) is 10.8 Å². The molecule has 5 rings (SSSR count). The number of aromatic amines is 1. The van der Waals surface area contributed by atoms with Gasteiger partial charge in [-0.1, -0.05) is 12.1 Å². The number of nitrogen functional groups attached to an aromatic ring is 1. The van der Waals surface area contributed by atoms with Crippen LogP contribution < -0.4 is 5.73 Å². The van der Waals surface area contributed by atoms with Gasteiger partial charge < -0.3 is 15.8 Å². The molecule has 4 aromatic rings. The van der Waals surface area contributed by atoms with E-state index in [-0.39, 0.29) is 0 Å². The van der Waals surface area contributed by atoms with Crippen molar-refractivity contribution in [2.75, 3.05) is 5.73 Å². The number of aromatic nitrogens is 6. The highest BCUT2D eigenvalue weighted by molar-refractivity contribution is 5.91. The Hall–Kier alpha value is -4.16.